The Morgan fingerprint density at radius 3 is 2.88 bits per heavy atom. The minimum absolute atomic E-state index is 0.0968. The molecular weight excluding hydrogens is 222 g/mol. The summed E-state index contributed by atoms with van der Waals surface area (Å²) in [6.07, 6.45) is 3.38. The number of carbonyl (C=O) groups excluding carboxylic acids is 1. The number of thiazole rings is 1. The third-order valence-electron chi connectivity index (χ3n) is 2.38. The minimum atomic E-state index is -0.769. The summed E-state index contributed by atoms with van der Waals surface area (Å²) in [4.78, 5) is 17.0. The van der Waals surface area contributed by atoms with Crippen LogP contribution in [0.15, 0.2) is 6.20 Å². The van der Waals surface area contributed by atoms with Crippen molar-refractivity contribution in [3.63, 3.8) is 0 Å². The van der Waals surface area contributed by atoms with E-state index < -0.39 is 5.54 Å². The van der Waals surface area contributed by atoms with E-state index in [-0.39, 0.29) is 5.91 Å². The van der Waals surface area contributed by atoms with Crippen LogP contribution in [0.25, 0.3) is 0 Å². The molecule has 1 rings (SSSR count). The molecule has 0 spiro atoms. The maximum absolute atomic E-state index is 11.8. The van der Waals surface area contributed by atoms with Crippen LogP contribution in [0.1, 0.15) is 36.6 Å². The van der Waals surface area contributed by atoms with Gasteiger partial charge in [-0.1, -0.05) is 13.3 Å². The van der Waals surface area contributed by atoms with Crippen LogP contribution in [0, 0.1) is 6.92 Å². The molecule has 1 aromatic heterocycles. The van der Waals surface area contributed by atoms with Gasteiger partial charge in [0.1, 0.15) is 0 Å². The Labute approximate surface area is 100 Å². The van der Waals surface area contributed by atoms with E-state index in [1.54, 1.807) is 24.5 Å². The monoisotopic (exact) mass is 241 g/mol. The first kappa shape index (κ1) is 13.1. The first-order valence-corrected chi connectivity index (χ1v) is 6.26. The zero-order valence-corrected chi connectivity index (χ0v) is 10.9. The topological polar surface area (TPSA) is 68.0 Å². The molecule has 1 amide bonds. The van der Waals surface area contributed by atoms with Crippen LogP contribution in [0.4, 0.5) is 0 Å². The Bertz CT molecular complexity index is 360. The lowest BCUT2D eigenvalue weighted by Gasteiger charge is -2.22. The maximum atomic E-state index is 11.8. The Morgan fingerprint density at radius 1 is 1.69 bits per heavy atom. The summed E-state index contributed by atoms with van der Waals surface area (Å²) in [7, 11) is 0. The van der Waals surface area contributed by atoms with Crippen LogP contribution < -0.4 is 11.1 Å². The summed E-state index contributed by atoms with van der Waals surface area (Å²) in [5.74, 6) is -0.0968. The van der Waals surface area contributed by atoms with Gasteiger partial charge >= 0.3 is 0 Å². The minimum Gasteiger partial charge on any atom is -0.350 e. The third kappa shape index (κ3) is 3.57. The first-order valence-electron chi connectivity index (χ1n) is 5.44. The van der Waals surface area contributed by atoms with E-state index >= 15 is 0 Å². The highest BCUT2D eigenvalue weighted by Crippen LogP contribution is 2.12. The molecule has 0 aliphatic carbocycles. The van der Waals surface area contributed by atoms with Crippen LogP contribution in [-0.2, 0) is 11.3 Å². The number of amides is 1. The first-order chi connectivity index (χ1) is 7.45. The molecule has 0 fully saturated rings. The van der Waals surface area contributed by atoms with Crippen molar-refractivity contribution in [1.82, 2.24) is 10.3 Å². The molecule has 1 aromatic rings. The van der Waals surface area contributed by atoms with Crippen molar-refractivity contribution in [2.24, 2.45) is 5.73 Å². The quantitative estimate of drug-likeness (QED) is 0.822. The normalized spacial score (nSPS) is 14.5. The summed E-state index contributed by atoms with van der Waals surface area (Å²) in [5, 5.41) is 3.85. The van der Waals surface area contributed by atoms with Gasteiger partial charge in [0.25, 0.3) is 0 Å². The summed E-state index contributed by atoms with van der Waals surface area (Å²) in [6, 6.07) is 0. The third-order valence-corrected chi connectivity index (χ3v) is 3.29. The molecule has 0 radical (unpaired) electrons. The molecule has 1 unspecified atom stereocenters. The lowest BCUT2D eigenvalue weighted by molar-refractivity contribution is -0.126. The molecule has 0 saturated carbocycles. The number of aromatic nitrogens is 1. The summed E-state index contributed by atoms with van der Waals surface area (Å²) < 4.78 is 0. The molecule has 0 aliphatic heterocycles. The van der Waals surface area contributed by atoms with Gasteiger partial charge in [0.2, 0.25) is 5.91 Å². The van der Waals surface area contributed by atoms with E-state index in [0.29, 0.717) is 13.0 Å². The second-order valence-electron chi connectivity index (χ2n) is 4.20. The molecule has 1 heterocycles. The van der Waals surface area contributed by atoms with Crippen LogP contribution in [-0.4, -0.2) is 16.4 Å². The molecule has 0 saturated heterocycles. The van der Waals surface area contributed by atoms with Gasteiger partial charge in [-0.15, -0.1) is 11.3 Å². The molecule has 0 bridgehead atoms. The van der Waals surface area contributed by atoms with Gasteiger partial charge in [-0.25, -0.2) is 4.98 Å². The molecule has 3 N–H and O–H groups in total. The number of rotatable bonds is 5. The summed E-state index contributed by atoms with van der Waals surface area (Å²) in [6.45, 7) is 6.25. The fourth-order valence-corrected chi connectivity index (χ4v) is 2.22. The predicted molar refractivity (Wildman–Crippen MR) is 66.2 cm³/mol. The molecule has 1 atom stereocenters. The highest BCUT2D eigenvalue weighted by atomic mass is 32.1. The smallest absolute Gasteiger partial charge is 0.240 e. The Morgan fingerprint density at radius 2 is 2.38 bits per heavy atom. The number of hydrogen-bond acceptors (Lipinski definition) is 4. The lowest BCUT2D eigenvalue weighted by Crippen LogP contribution is -2.51. The number of nitrogens with zero attached hydrogens (tertiary/aromatic N) is 1. The van der Waals surface area contributed by atoms with Crippen molar-refractivity contribution in [1.29, 1.82) is 0 Å². The molecule has 0 aliphatic rings. The van der Waals surface area contributed by atoms with Crippen LogP contribution in [0.3, 0.4) is 0 Å². The zero-order chi connectivity index (χ0) is 12.2. The number of carbonyl (C=O) groups is 1. The predicted octanol–water partition coefficient (Wildman–Crippen LogP) is 1.59. The highest BCUT2D eigenvalue weighted by Gasteiger charge is 2.26. The Balaban J connectivity index is 2.46. The Kier molecular flexibility index (Phi) is 4.44. The zero-order valence-electron chi connectivity index (χ0n) is 10.0. The molecule has 4 nitrogen and oxygen atoms in total. The van der Waals surface area contributed by atoms with Crippen LogP contribution in [0.2, 0.25) is 0 Å². The SMILES string of the molecule is CCCC(C)(N)C(=O)NCc1cnc(C)s1. The van der Waals surface area contributed by atoms with Gasteiger partial charge in [-0.3, -0.25) is 4.79 Å². The largest absolute Gasteiger partial charge is 0.350 e. The van der Waals surface area contributed by atoms with Gasteiger partial charge in [0.15, 0.2) is 0 Å². The average molecular weight is 241 g/mol. The second-order valence-corrected chi connectivity index (χ2v) is 5.52. The molecule has 0 aromatic carbocycles. The Hall–Kier alpha value is -0.940. The van der Waals surface area contributed by atoms with Gasteiger partial charge in [-0.05, 0) is 20.3 Å². The van der Waals surface area contributed by atoms with Gasteiger partial charge in [-0.2, -0.15) is 0 Å². The van der Waals surface area contributed by atoms with Crippen molar-refractivity contribution in [3.8, 4) is 0 Å². The lowest BCUT2D eigenvalue weighted by atomic mass is 9.96. The summed E-state index contributed by atoms with van der Waals surface area (Å²) >= 11 is 1.59. The van der Waals surface area contributed by atoms with E-state index in [4.69, 9.17) is 5.73 Å². The van der Waals surface area contributed by atoms with Crippen molar-refractivity contribution in [3.05, 3.63) is 16.1 Å². The van der Waals surface area contributed by atoms with Gasteiger partial charge < -0.3 is 11.1 Å². The molecule has 5 heteroatoms. The van der Waals surface area contributed by atoms with Crippen molar-refractivity contribution >= 4 is 17.2 Å². The van der Waals surface area contributed by atoms with E-state index in [0.717, 1.165) is 16.3 Å². The molecule has 90 valence electrons. The number of nitrogens with one attached hydrogen (secondary N) is 1. The fourth-order valence-electron chi connectivity index (χ4n) is 1.49. The fraction of sp³-hybridized carbons (Fsp3) is 0.636. The van der Waals surface area contributed by atoms with Gasteiger partial charge in [0, 0.05) is 11.1 Å². The highest BCUT2D eigenvalue weighted by molar-refractivity contribution is 7.11. The van der Waals surface area contributed by atoms with E-state index in [9.17, 15) is 4.79 Å². The van der Waals surface area contributed by atoms with E-state index in [2.05, 4.69) is 10.3 Å². The van der Waals surface area contributed by atoms with Crippen molar-refractivity contribution in [2.75, 3.05) is 0 Å². The van der Waals surface area contributed by atoms with Crippen molar-refractivity contribution in [2.45, 2.75) is 45.7 Å². The average Bonchev–Trinajstić information content (AvgIpc) is 2.60. The van der Waals surface area contributed by atoms with E-state index in [1.165, 1.54) is 0 Å². The van der Waals surface area contributed by atoms with Crippen LogP contribution in [0.5, 0.6) is 0 Å². The van der Waals surface area contributed by atoms with Crippen LogP contribution >= 0.6 is 11.3 Å². The maximum Gasteiger partial charge on any atom is 0.240 e. The van der Waals surface area contributed by atoms with Gasteiger partial charge in [0.05, 0.1) is 17.1 Å². The standard InChI is InChI=1S/C11H19N3OS/c1-4-5-11(3,12)10(15)14-7-9-6-13-8(2)16-9/h6H,4-5,7,12H2,1-3H3,(H,14,15). The second kappa shape index (κ2) is 5.41. The number of aryl methyl sites for hydroxylation is 1. The molecule has 16 heavy (non-hydrogen) atoms. The number of hydrogen-bond donors (Lipinski definition) is 2. The van der Waals surface area contributed by atoms with E-state index in [1.807, 2.05) is 13.8 Å². The van der Waals surface area contributed by atoms with Crippen molar-refractivity contribution < 1.29 is 4.79 Å². The summed E-state index contributed by atoms with van der Waals surface area (Å²) in [5.41, 5.74) is 5.15. The number of nitrogens with two attached hydrogens (primary N) is 1. The molecular formula is C11H19N3OS.